The third kappa shape index (κ3) is 4.26. The van der Waals surface area contributed by atoms with E-state index < -0.39 is 6.04 Å². The third-order valence-electron chi connectivity index (χ3n) is 5.52. The van der Waals surface area contributed by atoms with E-state index in [0.717, 1.165) is 15.6 Å². The van der Waals surface area contributed by atoms with E-state index in [1.54, 1.807) is 17.0 Å². The first kappa shape index (κ1) is 22.7. The number of carbonyl (C=O) groups is 2. The largest absolute Gasteiger partial charge is 0.493 e. The topological polar surface area (TPSA) is 77.1 Å². The van der Waals surface area contributed by atoms with Crippen LogP contribution in [0.25, 0.3) is 0 Å². The summed E-state index contributed by atoms with van der Waals surface area (Å²) >= 11 is 3.52. The Balaban J connectivity index is 1.91. The molecule has 0 fully saturated rings. The molecule has 7 nitrogen and oxygen atoms in total. The predicted octanol–water partition coefficient (Wildman–Crippen LogP) is 4.66. The molecule has 33 heavy (non-hydrogen) atoms. The Labute approximate surface area is 200 Å². The molecule has 0 saturated heterocycles. The zero-order valence-electron chi connectivity index (χ0n) is 18.4. The Bertz CT molecular complexity index is 1200. The number of amides is 2. The maximum Gasteiger partial charge on any atom is 0.259 e. The van der Waals surface area contributed by atoms with Crippen LogP contribution in [0.1, 0.15) is 27.5 Å². The summed E-state index contributed by atoms with van der Waals surface area (Å²) in [4.78, 5) is 28.4. The SMILES string of the molecule is COc1ccc(C(=O)N2CC(=O)Nc3ccc(Br)cc3[C@H]2c2ccccc2)c(OC)c1OC. The Morgan fingerprint density at radius 2 is 1.70 bits per heavy atom. The third-order valence-corrected chi connectivity index (χ3v) is 6.01. The van der Waals surface area contributed by atoms with Crippen LogP contribution in [0.4, 0.5) is 5.69 Å². The zero-order chi connectivity index (χ0) is 23.5. The van der Waals surface area contributed by atoms with E-state index in [4.69, 9.17) is 14.2 Å². The summed E-state index contributed by atoms with van der Waals surface area (Å²) in [5.74, 6) is 0.333. The van der Waals surface area contributed by atoms with Crippen LogP contribution in [0.5, 0.6) is 17.2 Å². The van der Waals surface area contributed by atoms with Crippen molar-refractivity contribution in [2.24, 2.45) is 0 Å². The number of fused-ring (bicyclic) bond motifs is 1. The number of rotatable bonds is 5. The van der Waals surface area contributed by atoms with Crippen molar-refractivity contribution in [3.8, 4) is 17.2 Å². The number of hydrogen-bond acceptors (Lipinski definition) is 5. The molecule has 3 aromatic rings. The quantitative estimate of drug-likeness (QED) is 0.540. The highest BCUT2D eigenvalue weighted by molar-refractivity contribution is 9.10. The lowest BCUT2D eigenvalue weighted by Gasteiger charge is -2.31. The van der Waals surface area contributed by atoms with Crippen LogP contribution in [0, 0.1) is 0 Å². The molecule has 0 radical (unpaired) electrons. The van der Waals surface area contributed by atoms with Crippen molar-refractivity contribution in [2.45, 2.75) is 6.04 Å². The Kier molecular flexibility index (Phi) is 6.55. The first-order valence-electron chi connectivity index (χ1n) is 10.2. The van der Waals surface area contributed by atoms with Gasteiger partial charge in [0.15, 0.2) is 11.5 Å². The van der Waals surface area contributed by atoms with Crippen LogP contribution < -0.4 is 19.5 Å². The number of benzene rings is 3. The lowest BCUT2D eigenvalue weighted by molar-refractivity contribution is -0.117. The van der Waals surface area contributed by atoms with Gasteiger partial charge in [-0.1, -0.05) is 46.3 Å². The fraction of sp³-hybridized carbons (Fsp3) is 0.200. The minimum atomic E-state index is -0.511. The van der Waals surface area contributed by atoms with Crippen LogP contribution in [-0.2, 0) is 4.79 Å². The van der Waals surface area contributed by atoms with Gasteiger partial charge in [-0.05, 0) is 35.9 Å². The van der Waals surface area contributed by atoms with Crippen molar-refractivity contribution in [1.29, 1.82) is 0 Å². The minimum absolute atomic E-state index is 0.137. The van der Waals surface area contributed by atoms with Crippen LogP contribution in [0.2, 0.25) is 0 Å². The average Bonchev–Trinajstić information content (AvgIpc) is 2.98. The average molecular weight is 511 g/mol. The summed E-state index contributed by atoms with van der Waals surface area (Å²) < 4.78 is 17.2. The second-order valence-electron chi connectivity index (χ2n) is 7.41. The summed E-state index contributed by atoms with van der Waals surface area (Å²) in [6.07, 6.45) is 0. The second-order valence-corrected chi connectivity index (χ2v) is 8.32. The van der Waals surface area contributed by atoms with E-state index in [9.17, 15) is 9.59 Å². The van der Waals surface area contributed by atoms with Crippen molar-refractivity contribution in [3.05, 3.63) is 81.8 Å². The van der Waals surface area contributed by atoms with Gasteiger partial charge in [-0.3, -0.25) is 9.59 Å². The van der Waals surface area contributed by atoms with Crippen LogP contribution in [0.3, 0.4) is 0 Å². The highest BCUT2D eigenvalue weighted by Crippen LogP contribution is 2.43. The van der Waals surface area contributed by atoms with E-state index in [1.165, 1.54) is 21.3 Å². The summed E-state index contributed by atoms with van der Waals surface area (Å²) in [5.41, 5.74) is 2.60. The highest BCUT2D eigenvalue weighted by atomic mass is 79.9. The van der Waals surface area contributed by atoms with E-state index in [0.29, 0.717) is 17.2 Å². The van der Waals surface area contributed by atoms with E-state index in [1.807, 2.05) is 48.5 Å². The molecule has 0 bridgehead atoms. The molecule has 0 saturated carbocycles. The molecule has 3 aromatic carbocycles. The monoisotopic (exact) mass is 510 g/mol. The normalized spacial score (nSPS) is 15.2. The molecule has 1 aliphatic heterocycles. The second kappa shape index (κ2) is 9.54. The number of ether oxygens (including phenoxy) is 3. The van der Waals surface area contributed by atoms with Crippen molar-refractivity contribution in [2.75, 3.05) is 33.2 Å². The van der Waals surface area contributed by atoms with Gasteiger partial charge >= 0.3 is 0 Å². The molecule has 0 unspecified atom stereocenters. The van der Waals surface area contributed by atoms with Gasteiger partial charge in [0.25, 0.3) is 5.91 Å². The Morgan fingerprint density at radius 1 is 0.970 bits per heavy atom. The molecular formula is C25H23BrN2O5. The first-order valence-corrected chi connectivity index (χ1v) is 11.0. The maximum atomic E-state index is 14.0. The Morgan fingerprint density at radius 3 is 2.36 bits per heavy atom. The van der Waals surface area contributed by atoms with Crippen molar-refractivity contribution < 1.29 is 23.8 Å². The van der Waals surface area contributed by atoms with Gasteiger partial charge in [0.05, 0.1) is 32.9 Å². The molecule has 1 atom stereocenters. The molecule has 1 aliphatic rings. The molecule has 8 heteroatoms. The van der Waals surface area contributed by atoms with Gasteiger partial charge < -0.3 is 24.4 Å². The van der Waals surface area contributed by atoms with Gasteiger partial charge in [0.2, 0.25) is 11.7 Å². The van der Waals surface area contributed by atoms with Crippen molar-refractivity contribution in [1.82, 2.24) is 4.90 Å². The summed E-state index contributed by atoms with van der Waals surface area (Å²) in [6.45, 7) is -0.137. The zero-order valence-corrected chi connectivity index (χ0v) is 20.0. The van der Waals surface area contributed by atoms with E-state index in [-0.39, 0.29) is 29.7 Å². The molecule has 0 spiro atoms. The minimum Gasteiger partial charge on any atom is -0.493 e. The lowest BCUT2D eigenvalue weighted by atomic mass is 9.95. The standard InChI is InChI=1S/C25H23BrN2O5/c1-31-20-12-10-17(23(32-2)24(20)33-3)25(30)28-14-21(29)27-19-11-9-16(26)13-18(19)22(28)15-7-5-4-6-8-15/h4-13,22H,14H2,1-3H3,(H,27,29)/t22-/m1/s1. The molecule has 170 valence electrons. The van der Waals surface area contributed by atoms with Crippen LogP contribution in [0.15, 0.2) is 65.1 Å². The summed E-state index contributed by atoms with van der Waals surface area (Å²) in [5, 5.41) is 2.93. The number of carbonyl (C=O) groups excluding carboxylic acids is 2. The number of nitrogens with one attached hydrogen (secondary N) is 1. The van der Waals surface area contributed by atoms with Gasteiger partial charge in [0.1, 0.15) is 6.54 Å². The van der Waals surface area contributed by atoms with Crippen molar-refractivity contribution >= 4 is 33.4 Å². The van der Waals surface area contributed by atoms with Gasteiger partial charge in [-0.25, -0.2) is 0 Å². The van der Waals surface area contributed by atoms with E-state index in [2.05, 4.69) is 21.2 Å². The lowest BCUT2D eigenvalue weighted by Crippen LogP contribution is -2.39. The summed E-state index contributed by atoms with van der Waals surface area (Å²) in [7, 11) is 4.46. The Hall–Kier alpha value is -3.52. The van der Waals surface area contributed by atoms with Crippen molar-refractivity contribution in [3.63, 3.8) is 0 Å². The number of halogens is 1. The van der Waals surface area contributed by atoms with Gasteiger partial charge in [-0.2, -0.15) is 0 Å². The molecule has 1 N–H and O–H groups in total. The number of methoxy groups -OCH3 is 3. The maximum absolute atomic E-state index is 14.0. The highest BCUT2D eigenvalue weighted by Gasteiger charge is 2.36. The fourth-order valence-corrected chi connectivity index (χ4v) is 4.46. The number of anilines is 1. The fourth-order valence-electron chi connectivity index (χ4n) is 4.09. The molecule has 0 aliphatic carbocycles. The molecule has 2 amide bonds. The van der Waals surface area contributed by atoms with E-state index >= 15 is 0 Å². The van der Waals surface area contributed by atoms with Gasteiger partial charge in [0, 0.05) is 15.7 Å². The molecule has 0 aromatic heterocycles. The first-order chi connectivity index (χ1) is 16.0. The van der Waals surface area contributed by atoms with Crippen LogP contribution in [-0.4, -0.2) is 44.6 Å². The summed E-state index contributed by atoms with van der Waals surface area (Å²) in [6, 6.07) is 18.0. The van der Waals surface area contributed by atoms with Gasteiger partial charge in [-0.15, -0.1) is 0 Å². The number of hydrogen-bond donors (Lipinski definition) is 1. The molecule has 1 heterocycles. The predicted molar refractivity (Wildman–Crippen MR) is 128 cm³/mol. The van der Waals surface area contributed by atoms with Crippen LogP contribution >= 0.6 is 15.9 Å². The number of nitrogens with zero attached hydrogens (tertiary/aromatic N) is 1. The smallest absolute Gasteiger partial charge is 0.259 e. The molecule has 4 rings (SSSR count). The molecular weight excluding hydrogens is 488 g/mol.